The smallest absolute Gasteiger partial charge is 0.0465 e. The van der Waals surface area contributed by atoms with E-state index in [1.165, 1.54) is 111 Å². The van der Waals surface area contributed by atoms with Crippen molar-refractivity contribution in [2.75, 3.05) is 4.90 Å². The van der Waals surface area contributed by atoms with Crippen molar-refractivity contribution >= 4 is 54.5 Å². The van der Waals surface area contributed by atoms with Crippen molar-refractivity contribution in [1.29, 1.82) is 0 Å². The van der Waals surface area contributed by atoms with Crippen molar-refractivity contribution in [3.05, 3.63) is 241 Å². The van der Waals surface area contributed by atoms with Gasteiger partial charge in [0.25, 0.3) is 0 Å². The Morgan fingerprint density at radius 3 is 1.85 bits per heavy atom. The van der Waals surface area contributed by atoms with E-state index in [1.807, 2.05) is 0 Å². The number of fused-ring (bicyclic) bond motifs is 6. The van der Waals surface area contributed by atoms with Crippen LogP contribution in [-0.2, 0) is 0 Å². The monoisotopic (exact) mass is 833 g/mol. The topological polar surface area (TPSA) is 3.24 Å². The Bertz CT molecular complexity index is 3450. The van der Waals surface area contributed by atoms with Crippen LogP contribution in [0.25, 0.3) is 76.5 Å². The van der Waals surface area contributed by atoms with Gasteiger partial charge in [-0.2, -0.15) is 0 Å². The van der Waals surface area contributed by atoms with Gasteiger partial charge in [-0.25, -0.2) is 0 Å². The van der Waals surface area contributed by atoms with E-state index in [2.05, 4.69) is 223 Å². The third kappa shape index (κ3) is 7.32. The number of hydrogen-bond donors (Lipinski definition) is 0. The third-order valence-corrected chi connectivity index (χ3v) is 14.3. The number of nitrogens with zero attached hydrogens (tertiary/aromatic N) is 1. The summed E-state index contributed by atoms with van der Waals surface area (Å²) in [4.78, 5) is 2.61. The molecule has 1 unspecified atom stereocenters. The van der Waals surface area contributed by atoms with E-state index in [0.717, 1.165) is 38.5 Å². The Hall–Kier alpha value is -7.48. The predicted octanol–water partition coefficient (Wildman–Crippen LogP) is 18.0. The summed E-state index contributed by atoms with van der Waals surface area (Å²) in [6, 6.07) is 68.1. The van der Waals surface area contributed by atoms with Crippen LogP contribution in [0.4, 0.5) is 11.4 Å². The molecule has 0 saturated carbocycles. The molecule has 0 radical (unpaired) electrons. The molecule has 0 heterocycles. The molecule has 9 aromatic carbocycles. The molecule has 0 aliphatic heterocycles. The van der Waals surface area contributed by atoms with Gasteiger partial charge < -0.3 is 4.90 Å². The van der Waals surface area contributed by atoms with Crippen LogP contribution < -0.4 is 4.90 Å². The maximum absolute atomic E-state index is 2.61. The molecular weight excluding hydrogens is 783 g/mol. The first-order valence-electron chi connectivity index (χ1n) is 23.6. The van der Waals surface area contributed by atoms with Crippen molar-refractivity contribution in [3.63, 3.8) is 0 Å². The van der Waals surface area contributed by atoms with Crippen LogP contribution in [0, 0.1) is 5.92 Å². The standard InChI is InChI=1S/C64H51N/c1-3-15-44(16-4-1)46-27-29-49(30-28-46)57-23-13-14-26-64(57)65(53-37-35-47(36-38-53)45-17-5-2-6-18-45)54-39-40-60(63-42-51-20-8-10-22-56(51)58-24-11-12-25-59(58)63)62(43-54)52-34-33-50-32-31-48-19-7-9-21-55(48)61(50)41-52/h1-3,5-12,15,17-22,24-27,29,31-43,57H,4,13-14,16,23,28,30H2. The quantitative estimate of drug-likeness (QED) is 0.138. The molecular formula is C64H51N. The number of benzene rings is 9. The highest BCUT2D eigenvalue weighted by molar-refractivity contribution is 6.15. The SMILES string of the molecule is C1=CCCC(C2=CC=C(C3CCCC=C3N(c3ccc(-c4ccccc4)cc3)c3ccc(-c4cc5ccccc5c5ccccc45)c(-c4ccc5ccc6ccccc6c5c4)c3)CC2)=C1. The minimum absolute atomic E-state index is 0.329. The molecule has 1 heteroatoms. The first-order valence-corrected chi connectivity index (χ1v) is 23.6. The maximum Gasteiger partial charge on any atom is 0.0465 e. The van der Waals surface area contributed by atoms with E-state index in [0.29, 0.717) is 5.92 Å². The van der Waals surface area contributed by atoms with Gasteiger partial charge in [0, 0.05) is 23.0 Å². The molecule has 0 fully saturated rings. The van der Waals surface area contributed by atoms with Gasteiger partial charge in [0.1, 0.15) is 0 Å². The van der Waals surface area contributed by atoms with Crippen molar-refractivity contribution in [2.45, 2.75) is 44.9 Å². The highest BCUT2D eigenvalue weighted by atomic mass is 15.2. The normalized spacial score (nSPS) is 16.3. The molecule has 9 aromatic rings. The average molecular weight is 834 g/mol. The van der Waals surface area contributed by atoms with Crippen LogP contribution in [-0.4, -0.2) is 0 Å². The molecule has 0 saturated heterocycles. The molecule has 1 atom stereocenters. The lowest BCUT2D eigenvalue weighted by Crippen LogP contribution is -2.26. The molecule has 1 nitrogen and oxygen atoms in total. The fourth-order valence-electron chi connectivity index (χ4n) is 11.0. The van der Waals surface area contributed by atoms with Crippen molar-refractivity contribution in [2.24, 2.45) is 5.92 Å². The van der Waals surface area contributed by atoms with Crippen molar-refractivity contribution in [1.82, 2.24) is 0 Å². The Morgan fingerprint density at radius 2 is 1.06 bits per heavy atom. The summed E-state index contributed by atoms with van der Waals surface area (Å²) in [5, 5.41) is 10.2. The third-order valence-electron chi connectivity index (χ3n) is 14.3. The van der Waals surface area contributed by atoms with Crippen molar-refractivity contribution < 1.29 is 0 Å². The molecule has 0 aromatic heterocycles. The van der Waals surface area contributed by atoms with Crippen LogP contribution in [0.1, 0.15) is 44.9 Å². The van der Waals surface area contributed by atoms with E-state index in [1.54, 1.807) is 5.57 Å². The zero-order chi connectivity index (χ0) is 43.1. The molecule has 0 spiro atoms. The Morgan fingerprint density at radius 1 is 0.400 bits per heavy atom. The Balaban J connectivity index is 1.07. The molecule has 0 N–H and O–H groups in total. The van der Waals surface area contributed by atoms with Crippen LogP contribution in [0.2, 0.25) is 0 Å². The summed E-state index contributed by atoms with van der Waals surface area (Å²) in [6.45, 7) is 0. The lowest BCUT2D eigenvalue weighted by Gasteiger charge is -2.37. The second-order valence-corrected chi connectivity index (χ2v) is 18.1. The fraction of sp³-hybridized carbons (Fsp3) is 0.125. The first-order chi connectivity index (χ1) is 32.2. The van der Waals surface area contributed by atoms with Gasteiger partial charge in [-0.05, 0) is 169 Å². The molecule has 3 aliphatic rings. The highest BCUT2D eigenvalue weighted by Crippen LogP contribution is 2.47. The number of rotatable bonds is 8. The number of allylic oxidation sites excluding steroid dienone is 9. The van der Waals surface area contributed by atoms with E-state index in [-0.39, 0.29) is 0 Å². The van der Waals surface area contributed by atoms with Crippen LogP contribution in [0.3, 0.4) is 0 Å². The van der Waals surface area contributed by atoms with Crippen LogP contribution in [0.15, 0.2) is 241 Å². The molecule has 0 bridgehead atoms. The summed E-state index contributed by atoms with van der Waals surface area (Å²) in [5.41, 5.74) is 15.7. The lowest BCUT2D eigenvalue weighted by atomic mass is 9.79. The highest BCUT2D eigenvalue weighted by Gasteiger charge is 2.30. The van der Waals surface area contributed by atoms with E-state index in [9.17, 15) is 0 Å². The predicted molar refractivity (Wildman–Crippen MR) is 279 cm³/mol. The second-order valence-electron chi connectivity index (χ2n) is 18.1. The largest absolute Gasteiger partial charge is 0.314 e. The number of anilines is 2. The van der Waals surface area contributed by atoms with Crippen molar-refractivity contribution in [3.8, 4) is 33.4 Å². The fourth-order valence-corrected chi connectivity index (χ4v) is 11.0. The summed E-state index contributed by atoms with van der Waals surface area (Å²) in [6.07, 6.45) is 22.3. The van der Waals surface area contributed by atoms with Gasteiger partial charge in [0.15, 0.2) is 0 Å². The van der Waals surface area contributed by atoms with E-state index in [4.69, 9.17) is 0 Å². The van der Waals surface area contributed by atoms with Crippen LogP contribution >= 0.6 is 0 Å². The molecule has 3 aliphatic carbocycles. The van der Waals surface area contributed by atoms with Gasteiger partial charge in [0.05, 0.1) is 0 Å². The molecule has 65 heavy (non-hydrogen) atoms. The average Bonchev–Trinajstić information content (AvgIpc) is 3.39. The molecule has 0 amide bonds. The second kappa shape index (κ2) is 16.9. The van der Waals surface area contributed by atoms with Gasteiger partial charge >= 0.3 is 0 Å². The maximum atomic E-state index is 2.61. The number of hydrogen-bond acceptors (Lipinski definition) is 1. The lowest BCUT2D eigenvalue weighted by molar-refractivity contribution is 0.545. The van der Waals surface area contributed by atoms with E-state index >= 15 is 0 Å². The van der Waals surface area contributed by atoms with Crippen LogP contribution in [0.5, 0.6) is 0 Å². The first kappa shape index (κ1) is 39.1. The van der Waals surface area contributed by atoms with Gasteiger partial charge in [-0.1, -0.05) is 188 Å². The summed E-state index contributed by atoms with van der Waals surface area (Å²) in [5.74, 6) is 0.329. The summed E-state index contributed by atoms with van der Waals surface area (Å²) < 4.78 is 0. The van der Waals surface area contributed by atoms with E-state index < -0.39 is 0 Å². The van der Waals surface area contributed by atoms with Gasteiger partial charge in [-0.15, -0.1) is 0 Å². The minimum atomic E-state index is 0.329. The van der Waals surface area contributed by atoms with Gasteiger partial charge in [0.2, 0.25) is 0 Å². The Kier molecular flexibility index (Phi) is 10.2. The zero-order valence-electron chi connectivity index (χ0n) is 36.8. The Labute approximate surface area is 382 Å². The minimum Gasteiger partial charge on any atom is -0.314 e. The molecule has 312 valence electrons. The summed E-state index contributed by atoms with van der Waals surface area (Å²) >= 11 is 0. The van der Waals surface area contributed by atoms with Gasteiger partial charge in [-0.3, -0.25) is 0 Å². The molecule has 12 rings (SSSR count). The zero-order valence-corrected chi connectivity index (χ0v) is 36.8. The summed E-state index contributed by atoms with van der Waals surface area (Å²) in [7, 11) is 0.